The van der Waals surface area contributed by atoms with E-state index >= 15 is 0 Å². The molecule has 0 saturated carbocycles. The van der Waals surface area contributed by atoms with Crippen LogP contribution in [0, 0.1) is 5.82 Å². The van der Waals surface area contributed by atoms with E-state index in [9.17, 15) is 14.0 Å². The van der Waals surface area contributed by atoms with Crippen molar-refractivity contribution in [3.63, 3.8) is 0 Å². The Labute approximate surface area is 149 Å². The van der Waals surface area contributed by atoms with Crippen molar-refractivity contribution in [1.82, 2.24) is 0 Å². The van der Waals surface area contributed by atoms with E-state index in [1.807, 2.05) is 0 Å². The van der Waals surface area contributed by atoms with E-state index in [-0.39, 0.29) is 19.0 Å². The summed E-state index contributed by atoms with van der Waals surface area (Å²) in [4.78, 5) is 24.7. The Morgan fingerprint density at radius 3 is 2.73 bits per heavy atom. The summed E-state index contributed by atoms with van der Waals surface area (Å²) in [5, 5.41) is 0. The zero-order valence-corrected chi connectivity index (χ0v) is 14.0. The average molecular weight is 360 g/mol. The molecule has 7 nitrogen and oxygen atoms in total. The first kappa shape index (κ1) is 17.5. The largest absolute Gasteiger partial charge is 0.489 e. The van der Waals surface area contributed by atoms with Crippen LogP contribution in [-0.4, -0.2) is 31.8 Å². The van der Waals surface area contributed by atoms with Gasteiger partial charge in [-0.05, 0) is 29.8 Å². The van der Waals surface area contributed by atoms with Crippen molar-refractivity contribution in [3.8, 4) is 11.5 Å². The molecule has 1 heterocycles. The second-order valence-corrected chi connectivity index (χ2v) is 5.68. The number of nitrogens with two attached hydrogens (primary N) is 1. The zero-order valence-electron chi connectivity index (χ0n) is 14.0. The van der Waals surface area contributed by atoms with Gasteiger partial charge in [0.05, 0.1) is 5.69 Å². The second-order valence-electron chi connectivity index (χ2n) is 5.68. The number of rotatable bonds is 4. The molecule has 0 fully saturated rings. The number of amides is 2. The summed E-state index contributed by atoms with van der Waals surface area (Å²) < 4.78 is 29.0. The lowest BCUT2D eigenvalue weighted by atomic mass is 10.2. The van der Waals surface area contributed by atoms with E-state index in [0.717, 1.165) is 5.56 Å². The van der Waals surface area contributed by atoms with E-state index in [2.05, 4.69) is 0 Å². The van der Waals surface area contributed by atoms with Gasteiger partial charge < -0.3 is 24.8 Å². The number of likely N-dealkylation sites (N-methyl/N-ethyl adjacent to an activating group) is 1. The summed E-state index contributed by atoms with van der Waals surface area (Å²) in [6.07, 6.45) is -2.16. The Bertz CT molecular complexity index is 825. The summed E-state index contributed by atoms with van der Waals surface area (Å²) in [6.45, 7) is 0.111. The number of hydrogen-bond acceptors (Lipinski definition) is 5. The Balaban J connectivity index is 1.75. The fraction of sp³-hybridized carbons (Fsp3) is 0.222. The molecule has 0 spiro atoms. The maximum absolute atomic E-state index is 12.9. The number of halogens is 1. The summed E-state index contributed by atoms with van der Waals surface area (Å²) >= 11 is 0. The van der Waals surface area contributed by atoms with Gasteiger partial charge in [0, 0.05) is 13.1 Å². The van der Waals surface area contributed by atoms with Crippen molar-refractivity contribution in [2.45, 2.75) is 12.7 Å². The molecule has 0 unspecified atom stereocenters. The molecule has 136 valence electrons. The van der Waals surface area contributed by atoms with Gasteiger partial charge in [-0.25, -0.2) is 9.18 Å². The van der Waals surface area contributed by atoms with Crippen LogP contribution in [-0.2, 0) is 16.1 Å². The molecular weight excluding hydrogens is 343 g/mol. The number of anilines is 1. The number of nitrogens with zero attached hydrogens (tertiary/aromatic N) is 1. The van der Waals surface area contributed by atoms with Crippen LogP contribution in [0.5, 0.6) is 11.5 Å². The normalized spacial score (nSPS) is 16.3. The molecule has 0 aliphatic carbocycles. The minimum atomic E-state index is -1.12. The maximum atomic E-state index is 12.9. The van der Waals surface area contributed by atoms with E-state index in [0.29, 0.717) is 17.2 Å². The third-order valence-electron chi connectivity index (χ3n) is 3.87. The predicted molar refractivity (Wildman–Crippen MR) is 90.5 cm³/mol. The molecule has 0 radical (unpaired) electrons. The van der Waals surface area contributed by atoms with Crippen LogP contribution in [0.1, 0.15) is 5.56 Å². The fourth-order valence-electron chi connectivity index (χ4n) is 2.51. The van der Waals surface area contributed by atoms with Crippen molar-refractivity contribution >= 4 is 17.7 Å². The van der Waals surface area contributed by atoms with Crippen LogP contribution in [0.3, 0.4) is 0 Å². The Morgan fingerprint density at radius 1 is 1.31 bits per heavy atom. The van der Waals surface area contributed by atoms with Crippen molar-refractivity contribution in [3.05, 3.63) is 53.8 Å². The van der Waals surface area contributed by atoms with Crippen LogP contribution < -0.4 is 20.1 Å². The number of fused-ring (bicyclic) bond motifs is 1. The molecule has 0 aromatic heterocycles. The molecule has 2 N–H and O–H groups in total. The molecule has 1 aliphatic heterocycles. The molecule has 8 heteroatoms. The first-order valence-corrected chi connectivity index (χ1v) is 7.82. The first-order chi connectivity index (χ1) is 12.4. The van der Waals surface area contributed by atoms with Gasteiger partial charge in [-0.15, -0.1) is 0 Å². The number of carbonyl (C=O) groups is 2. The van der Waals surface area contributed by atoms with E-state index in [1.54, 1.807) is 30.3 Å². The van der Waals surface area contributed by atoms with Crippen molar-refractivity contribution in [2.24, 2.45) is 5.73 Å². The molecule has 1 aliphatic rings. The lowest BCUT2D eigenvalue weighted by molar-refractivity contribution is -0.127. The highest BCUT2D eigenvalue weighted by Gasteiger charge is 2.32. The van der Waals surface area contributed by atoms with Gasteiger partial charge in [0.2, 0.25) is 6.10 Å². The summed E-state index contributed by atoms with van der Waals surface area (Å²) in [5.74, 6) is 0.179. The van der Waals surface area contributed by atoms with E-state index in [4.69, 9.17) is 19.9 Å². The Morgan fingerprint density at radius 2 is 2.04 bits per heavy atom. The van der Waals surface area contributed by atoms with Crippen LogP contribution >= 0.6 is 0 Å². The van der Waals surface area contributed by atoms with Gasteiger partial charge in [0.15, 0.2) is 0 Å². The molecule has 3 rings (SSSR count). The number of primary amides is 1. The van der Waals surface area contributed by atoms with Crippen molar-refractivity contribution in [1.29, 1.82) is 0 Å². The van der Waals surface area contributed by atoms with Gasteiger partial charge >= 0.3 is 6.09 Å². The van der Waals surface area contributed by atoms with Gasteiger partial charge in [-0.1, -0.05) is 12.1 Å². The van der Waals surface area contributed by atoms with Crippen LogP contribution in [0.25, 0.3) is 0 Å². The maximum Gasteiger partial charge on any atom is 0.405 e. The number of hydrogen-bond donors (Lipinski definition) is 1. The molecule has 2 aromatic carbocycles. The molecule has 2 amide bonds. The van der Waals surface area contributed by atoms with Gasteiger partial charge in [0.25, 0.3) is 5.91 Å². The number of benzene rings is 2. The first-order valence-electron chi connectivity index (χ1n) is 7.82. The Kier molecular flexibility index (Phi) is 4.92. The highest BCUT2D eigenvalue weighted by Crippen LogP contribution is 2.34. The monoisotopic (exact) mass is 360 g/mol. The molecule has 2 aromatic rings. The second kappa shape index (κ2) is 7.30. The van der Waals surface area contributed by atoms with Crippen molar-refractivity contribution < 1.29 is 28.2 Å². The van der Waals surface area contributed by atoms with Crippen molar-refractivity contribution in [2.75, 3.05) is 18.6 Å². The van der Waals surface area contributed by atoms with E-state index in [1.165, 1.54) is 24.1 Å². The topological polar surface area (TPSA) is 91.1 Å². The molecule has 1 atom stereocenters. The summed E-state index contributed by atoms with van der Waals surface area (Å²) in [7, 11) is 1.54. The number of carbonyl (C=O) groups excluding carboxylic acids is 2. The van der Waals surface area contributed by atoms with Gasteiger partial charge in [0.1, 0.15) is 30.5 Å². The van der Waals surface area contributed by atoms with Gasteiger partial charge in [-0.2, -0.15) is 0 Å². The predicted octanol–water partition coefficient (Wildman–Crippen LogP) is 2.22. The lowest BCUT2D eigenvalue weighted by Crippen LogP contribution is -2.41. The smallest absolute Gasteiger partial charge is 0.405 e. The Hall–Kier alpha value is -3.29. The third kappa shape index (κ3) is 3.85. The summed E-state index contributed by atoms with van der Waals surface area (Å²) in [5.41, 5.74) is 6.26. The molecular formula is C18H17FN2O5. The molecule has 0 bridgehead atoms. The SMILES string of the molecule is CN1C(=O)[C@@H](OC(N)=O)COc2ccc(OCc3ccc(F)cc3)cc21. The third-order valence-corrected chi connectivity index (χ3v) is 3.87. The summed E-state index contributed by atoms with van der Waals surface area (Å²) in [6, 6.07) is 11.0. The lowest BCUT2D eigenvalue weighted by Gasteiger charge is -2.19. The molecule has 26 heavy (non-hydrogen) atoms. The zero-order chi connectivity index (χ0) is 18.7. The van der Waals surface area contributed by atoms with E-state index < -0.39 is 18.1 Å². The van der Waals surface area contributed by atoms with Gasteiger partial charge in [-0.3, -0.25) is 4.79 Å². The highest BCUT2D eigenvalue weighted by atomic mass is 19.1. The fourth-order valence-corrected chi connectivity index (χ4v) is 2.51. The van der Waals surface area contributed by atoms with Crippen LogP contribution in [0.2, 0.25) is 0 Å². The number of ether oxygens (including phenoxy) is 3. The average Bonchev–Trinajstić information content (AvgIpc) is 2.73. The quantitative estimate of drug-likeness (QED) is 0.903. The standard InChI is InChI=1S/C18H17FN2O5/c1-21-14-8-13(24-9-11-2-4-12(19)5-3-11)6-7-15(14)25-10-16(17(21)22)26-18(20)23/h2-8,16H,9-10H2,1H3,(H2,20,23)/t16-/m0/s1. The minimum Gasteiger partial charge on any atom is -0.489 e. The minimum absolute atomic E-state index is 0.130. The van der Waals surface area contributed by atoms with Crippen LogP contribution in [0.15, 0.2) is 42.5 Å². The van der Waals surface area contributed by atoms with Crippen LogP contribution in [0.4, 0.5) is 14.9 Å². The molecule has 0 saturated heterocycles. The highest BCUT2D eigenvalue weighted by molar-refractivity contribution is 5.99.